The van der Waals surface area contributed by atoms with Gasteiger partial charge in [-0.05, 0) is 31.5 Å². The number of aromatic nitrogens is 1. The van der Waals surface area contributed by atoms with Gasteiger partial charge in [-0.15, -0.1) is 8.78 Å². The number of rotatable bonds is 7. The van der Waals surface area contributed by atoms with Crippen LogP contribution in [0.1, 0.15) is 20.3 Å². The lowest BCUT2D eigenvalue weighted by Crippen LogP contribution is -2.54. The molecule has 0 aliphatic carbocycles. The van der Waals surface area contributed by atoms with Crippen LogP contribution in [-0.4, -0.2) is 36.2 Å². The zero-order valence-corrected chi connectivity index (χ0v) is 15.9. The minimum absolute atomic E-state index is 0.101. The number of hydrogen-bond donors (Lipinski definition) is 1. The van der Waals surface area contributed by atoms with Gasteiger partial charge < -0.3 is 24.4 Å². The number of carbonyl (C=O) groups is 2. The molecule has 1 aliphatic heterocycles. The standard InChI is InChI=1S/C19H19F2N3O5/c1-4-18(2,23-11-25)17(26)24(3)12-7-8-22-16(9-12)27-13-5-6-14-15(10-13)29-19(20,21)28-14/h5-11H,4H2,1-3H3,(H,23,25)/t18-/m1/s1. The lowest BCUT2D eigenvalue weighted by Gasteiger charge is -2.31. The summed E-state index contributed by atoms with van der Waals surface area (Å²) in [7, 11) is 1.56. The van der Waals surface area contributed by atoms with Gasteiger partial charge in [0.05, 0.1) is 5.69 Å². The second-order valence-electron chi connectivity index (χ2n) is 6.54. The number of ether oxygens (including phenoxy) is 3. The monoisotopic (exact) mass is 407 g/mol. The molecule has 1 aliphatic rings. The van der Waals surface area contributed by atoms with Crippen LogP contribution in [0, 0.1) is 0 Å². The number of halogens is 2. The normalized spacial score (nSPS) is 15.9. The van der Waals surface area contributed by atoms with Crippen molar-refractivity contribution in [2.45, 2.75) is 32.1 Å². The average Bonchev–Trinajstić information content (AvgIpc) is 3.00. The predicted octanol–water partition coefficient (Wildman–Crippen LogP) is 3.07. The Hall–Kier alpha value is -3.43. The first-order valence-electron chi connectivity index (χ1n) is 8.71. The lowest BCUT2D eigenvalue weighted by molar-refractivity contribution is -0.286. The first kappa shape index (κ1) is 20.3. The number of nitrogens with zero attached hydrogens (tertiary/aromatic N) is 2. The summed E-state index contributed by atoms with van der Waals surface area (Å²) in [5.41, 5.74) is -0.594. The number of likely N-dealkylation sites (N-methyl/N-ethyl adjacent to an activating group) is 1. The van der Waals surface area contributed by atoms with E-state index in [1.54, 1.807) is 27.0 Å². The zero-order valence-electron chi connectivity index (χ0n) is 15.9. The molecular formula is C19H19F2N3O5. The Morgan fingerprint density at radius 1 is 1.31 bits per heavy atom. The molecule has 0 saturated carbocycles. The van der Waals surface area contributed by atoms with E-state index in [4.69, 9.17) is 4.74 Å². The minimum atomic E-state index is -3.72. The summed E-state index contributed by atoms with van der Waals surface area (Å²) in [6.45, 7) is 3.41. The Kier molecular flexibility index (Phi) is 5.27. The Labute approximate surface area is 165 Å². The number of carbonyl (C=O) groups excluding carboxylic acids is 2. The average molecular weight is 407 g/mol. The molecule has 0 unspecified atom stereocenters. The quantitative estimate of drug-likeness (QED) is 0.710. The molecular weight excluding hydrogens is 388 g/mol. The van der Waals surface area contributed by atoms with Crippen molar-refractivity contribution in [3.05, 3.63) is 36.5 Å². The van der Waals surface area contributed by atoms with Crippen LogP contribution >= 0.6 is 0 Å². The Morgan fingerprint density at radius 2 is 2.03 bits per heavy atom. The SMILES string of the molecule is CC[C@@](C)(NC=O)C(=O)N(C)c1ccnc(Oc2ccc3c(c2)OC(F)(F)O3)c1. The fourth-order valence-electron chi connectivity index (χ4n) is 2.71. The van der Waals surface area contributed by atoms with Gasteiger partial charge in [-0.25, -0.2) is 4.98 Å². The van der Waals surface area contributed by atoms with Gasteiger partial charge in [0.25, 0.3) is 5.91 Å². The third kappa shape index (κ3) is 4.20. The molecule has 1 aromatic carbocycles. The lowest BCUT2D eigenvalue weighted by atomic mass is 9.97. The van der Waals surface area contributed by atoms with Crippen LogP contribution in [0.15, 0.2) is 36.5 Å². The largest absolute Gasteiger partial charge is 0.586 e. The van der Waals surface area contributed by atoms with E-state index in [9.17, 15) is 18.4 Å². The van der Waals surface area contributed by atoms with Gasteiger partial charge in [0, 0.05) is 25.4 Å². The summed E-state index contributed by atoms with van der Waals surface area (Å²) in [6, 6.07) is 7.08. The van der Waals surface area contributed by atoms with Crippen molar-refractivity contribution >= 4 is 18.0 Å². The van der Waals surface area contributed by atoms with E-state index >= 15 is 0 Å². The topological polar surface area (TPSA) is 90.0 Å². The molecule has 0 bridgehead atoms. The maximum absolute atomic E-state index is 13.1. The molecule has 1 N–H and O–H groups in total. The van der Waals surface area contributed by atoms with E-state index in [0.717, 1.165) is 0 Å². The Balaban J connectivity index is 1.78. The van der Waals surface area contributed by atoms with Crippen molar-refractivity contribution in [3.8, 4) is 23.1 Å². The number of hydrogen-bond acceptors (Lipinski definition) is 6. The highest BCUT2D eigenvalue weighted by molar-refractivity contribution is 6.00. The zero-order chi connectivity index (χ0) is 21.2. The van der Waals surface area contributed by atoms with Crippen LogP contribution < -0.4 is 24.4 Å². The van der Waals surface area contributed by atoms with Crippen molar-refractivity contribution < 1.29 is 32.6 Å². The van der Waals surface area contributed by atoms with E-state index in [1.807, 2.05) is 0 Å². The maximum atomic E-state index is 13.1. The molecule has 0 spiro atoms. The molecule has 1 atom stereocenters. The van der Waals surface area contributed by atoms with Gasteiger partial charge in [0.2, 0.25) is 12.3 Å². The van der Waals surface area contributed by atoms with Crippen molar-refractivity contribution in [2.75, 3.05) is 11.9 Å². The molecule has 29 heavy (non-hydrogen) atoms. The molecule has 8 nitrogen and oxygen atoms in total. The van der Waals surface area contributed by atoms with Crippen LogP contribution in [0.2, 0.25) is 0 Å². The molecule has 0 radical (unpaired) electrons. The second kappa shape index (κ2) is 7.53. The van der Waals surface area contributed by atoms with Gasteiger partial charge in [0.15, 0.2) is 11.5 Å². The van der Waals surface area contributed by atoms with E-state index in [-0.39, 0.29) is 29.0 Å². The third-order valence-corrected chi connectivity index (χ3v) is 4.56. The summed E-state index contributed by atoms with van der Waals surface area (Å²) >= 11 is 0. The van der Waals surface area contributed by atoms with Gasteiger partial charge in [0.1, 0.15) is 11.3 Å². The fourth-order valence-corrected chi connectivity index (χ4v) is 2.71. The molecule has 154 valence electrons. The summed E-state index contributed by atoms with van der Waals surface area (Å²) < 4.78 is 40.6. The summed E-state index contributed by atoms with van der Waals surface area (Å²) in [5.74, 6) is -0.251. The van der Waals surface area contributed by atoms with Crippen LogP contribution in [0.4, 0.5) is 14.5 Å². The first-order valence-corrected chi connectivity index (χ1v) is 8.71. The van der Waals surface area contributed by atoms with Crippen molar-refractivity contribution in [1.82, 2.24) is 10.3 Å². The van der Waals surface area contributed by atoms with Crippen LogP contribution in [-0.2, 0) is 9.59 Å². The maximum Gasteiger partial charge on any atom is 0.586 e. The highest BCUT2D eigenvalue weighted by atomic mass is 19.3. The van der Waals surface area contributed by atoms with Crippen molar-refractivity contribution in [1.29, 1.82) is 0 Å². The minimum Gasteiger partial charge on any atom is -0.439 e. The van der Waals surface area contributed by atoms with Crippen LogP contribution in [0.25, 0.3) is 0 Å². The smallest absolute Gasteiger partial charge is 0.439 e. The van der Waals surface area contributed by atoms with E-state index in [1.165, 1.54) is 35.4 Å². The Morgan fingerprint density at radius 3 is 2.72 bits per heavy atom. The number of benzene rings is 1. The number of amides is 2. The molecule has 2 amide bonds. The first-order chi connectivity index (χ1) is 13.7. The van der Waals surface area contributed by atoms with E-state index < -0.39 is 11.8 Å². The second-order valence-corrected chi connectivity index (χ2v) is 6.54. The molecule has 0 fully saturated rings. The number of alkyl halides is 2. The summed E-state index contributed by atoms with van der Waals surface area (Å²) in [5, 5.41) is 2.54. The number of nitrogens with one attached hydrogen (secondary N) is 1. The molecule has 1 aromatic heterocycles. The fraction of sp³-hybridized carbons (Fsp3) is 0.316. The van der Waals surface area contributed by atoms with Crippen molar-refractivity contribution in [2.24, 2.45) is 0 Å². The van der Waals surface area contributed by atoms with Gasteiger partial charge in [-0.2, -0.15) is 0 Å². The van der Waals surface area contributed by atoms with Crippen LogP contribution in [0.3, 0.4) is 0 Å². The molecule has 2 aromatic rings. The van der Waals surface area contributed by atoms with E-state index in [2.05, 4.69) is 19.8 Å². The molecule has 2 heterocycles. The van der Waals surface area contributed by atoms with Crippen molar-refractivity contribution in [3.63, 3.8) is 0 Å². The van der Waals surface area contributed by atoms with Crippen LogP contribution in [0.5, 0.6) is 23.1 Å². The Bertz CT molecular complexity index is 940. The highest BCUT2D eigenvalue weighted by Crippen LogP contribution is 2.43. The highest BCUT2D eigenvalue weighted by Gasteiger charge is 2.43. The number of pyridine rings is 1. The summed E-state index contributed by atoms with van der Waals surface area (Å²) in [6.07, 6.45) is -1.40. The van der Waals surface area contributed by atoms with Gasteiger partial charge in [-0.3, -0.25) is 9.59 Å². The summed E-state index contributed by atoms with van der Waals surface area (Å²) in [4.78, 5) is 29.1. The number of fused-ring (bicyclic) bond motifs is 1. The van der Waals surface area contributed by atoms with Gasteiger partial charge in [-0.1, -0.05) is 6.92 Å². The predicted molar refractivity (Wildman–Crippen MR) is 98.3 cm³/mol. The number of anilines is 1. The molecule has 10 heteroatoms. The molecule has 0 saturated heterocycles. The third-order valence-electron chi connectivity index (χ3n) is 4.56. The van der Waals surface area contributed by atoms with E-state index in [0.29, 0.717) is 18.5 Å². The molecule has 3 rings (SSSR count). The van der Waals surface area contributed by atoms with Gasteiger partial charge >= 0.3 is 6.29 Å².